The Labute approximate surface area is 136 Å². The Hall–Kier alpha value is -1.12. The van der Waals surface area contributed by atoms with Gasteiger partial charge in [0.15, 0.2) is 11.6 Å². The van der Waals surface area contributed by atoms with E-state index in [9.17, 15) is 4.39 Å². The molecular formula is C13H7ClFIN2OS. The molecule has 1 aromatic carbocycles. The molecule has 20 heavy (non-hydrogen) atoms. The standard InChI is InChI=1S/C13H7ClFIN2OS/c14-9-4-7(15)1-2-8(9)11-12(19-18-13(11)17)6-3-10(16)20-5-6/h1-5H,(H2,17,18). The summed E-state index contributed by atoms with van der Waals surface area (Å²) in [5.74, 6) is 0.366. The molecule has 0 aliphatic heterocycles. The number of benzene rings is 1. The van der Waals surface area contributed by atoms with Gasteiger partial charge in [-0.05, 0) is 46.9 Å². The first-order chi connectivity index (χ1) is 9.56. The average molecular weight is 421 g/mol. The maximum Gasteiger partial charge on any atom is 0.177 e. The predicted octanol–water partition coefficient (Wildman–Crippen LogP) is 5.05. The first kappa shape index (κ1) is 13.8. The topological polar surface area (TPSA) is 52.0 Å². The van der Waals surface area contributed by atoms with Crippen LogP contribution >= 0.6 is 45.5 Å². The summed E-state index contributed by atoms with van der Waals surface area (Å²) in [6, 6.07) is 6.10. The molecule has 2 aromatic heterocycles. The van der Waals surface area contributed by atoms with E-state index in [2.05, 4.69) is 27.7 Å². The van der Waals surface area contributed by atoms with E-state index < -0.39 is 5.82 Å². The van der Waals surface area contributed by atoms with E-state index in [1.54, 1.807) is 17.4 Å². The second kappa shape index (κ2) is 5.34. The second-order valence-corrected chi connectivity index (χ2v) is 7.25. The maximum absolute atomic E-state index is 13.2. The predicted molar refractivity (Wildman–Crippen MR) is 87.3 cm³/mol. The number of rotatable bonds is 2. The monoisotopic (exact) mass is 420 g/mol. The van der Waals surface area contributed by atoms with Gasteiger partial charge in [-0.2, -0.15) is 0 Å². The minimum atomic E-state index is -0.402. The molecule has 0 amide bonds. The molecular weight excluding hydrogens is 414 g/mol. The first-order valence-electron chi connectivity index (χ1n) is 5.51. The minimum Gasteiger partial charge on any atom is -0.380 e. The van der Waals surface area contributed by atoms with E-state index >= 15 is 0 Å². The molecule has 0 saturated carbocycles. The van der Waals surface area contributed by atoms with Crippen LogP contribution in [0.4, 0.5) is 10.2 Å². The lowest BCUT2D eigenvalue weighted by Gasteiger charge is -2.04. The van der Waals surface area contributed by atoms with Gasteiger partial charge in [0.05, 0.1) is 13.5 Å². The molecule has 3 rings (SSSR count). The van der Waals surface area contributed by atoms with Crippen molar-refractivity contribution >= 4 is 51.3 Å². The van der Waals surface area contributed by atoms with Crippen molar-refractivity contribution in [3.8, 4) is 22.5 Å². The number of anilines is 1. The van der Waals surface area contributed by atoms with Gasteiger partial charge in [-0.25, -0.2) is 4.39 Å². The van der Waals surface area contributed by atoms with Crippen molar-refractivity contribution in [2.24, 2.45) is 0 Å². The van der Waals surface area contributed by atoms with Crippen LogP contribution in [0, 0.1) is 8.70 Å². The molecule has 0 aliphatic carbocycles. The van der Waals surface area contributed by atoms with Crippen molar-refractivity contribution in [2.45, 2.75) is 0 Å². The number of hydrogen-bond acceptors (Lipinski definition) is 4. The molecule has 0 spiro atoms. The summed E-state index contributed by atoms with van der Waals surface area (Å²) in [6.07, 6.45) is 0. The average Bonchev–Trinajstić information content (AvgIpc) is 2.96. The number of nitrogens with zero attached hydrogens (tertiary/aromatic N) is 1. The normalized spacial score (nSPS) is 10.9. The molecule has 0 unspecified atom stereocenters. The van der Waals surface area contributed by atoms with Crippen molar-refractivity contribution < 1.29 is 8.91 Å². The van der Waals surface area contributed by atoms with Crippen LogP contribution in [0.2, 0.25) is 5.02 Å². The van der Waals surface area contributed by atoms with Crippen molar-refractivity contribution in [3.05, 3.63) is 43.4 Å². The Balaban J connectivity index is 2.21. The third kappa shape index (κ3) is 2.43. The van der Waals surface area contributed by atoms with Gasteiger partial charge in [-0.3, -0.25) is 0 Å². The van der Waals surface area contributed by atoms with Crippen LogP contribution in [0.25, 0.3) is 22.5 Å². The van der Waals surface area contributed by atoms with Crippen LogP contribution in [0.5, 0.6) is 0 Å². The fraction of sp³-hybridized carbons (Fsp3) is 0. The van der Waals surface area contributed by atoms with Crippen molar-refractivity contribution in [1.29, 1.82) is 0 Å². The van der Waals surface area contributed by atoms with E-state index in [-0.39, 0.29) is 10.8 Å². The molecule has 0 fully saturated rings. The molecule has 7 heteroatoms. The third-order valence-corrected chi connectivity index (χ3v) is 4.85. The van der Waals surface area contributed by atoms with E-state index in [1.807, 2.05) is 11.4 Å². The van der Waals surface area contributed by atoms with Crippen molar-refractivity contribution in [2.75, 3.05) is 5.73 Å². The van der Waals surface area contributed by atoms with Crippen molar-refractivity contribution in [1.82, 2.24) is 5.16 Å². The number of halogens is 3. The Morgan fingerprint density at radius 1 is 1.35 bits per heavy atom. The Morgan fingerprint density at radius 3 is 2.80 bits per heavy atom. The zero-order chi connectivity index (χ0) is 14.3. The summed E-state index contributed by atoms with van der Waals surface area (Å²) >= 11 is 9.90. The Bertz CT molecular complexity index is 787. The molecule has 2 heterocycles. The maximum atomic E-state index is 13.2. The highest BCUT2D eigenvalue weighted by atomic mass is 127. The summed E-state index contributed by atoms with van der Waals surface area (Å²) < 4.78 is 19.6. The van der Waals surface area contributed by atoms with E-state index in [0.29, 0.717) is 16.9 Å². The highest BCUT2D eigenvalue weighted by Gasteiger charge is 2.20. The van der Waals surface area contributed by atoms with Gasteiger partial charge >= 0.3 is 0 Å². The lowest BCUT2D eigenvalue weighted by Crippen LogP contribution is -1.90. The number of aromatic nitrogens is 1. The van der Waals surface area contributed by atoms with Gasteiger partial charge in [-0.1, -0.05) is 16.8 Å². The zero-order valence-electron chi connectivity index (χ0n) is 9.86. The van der Waals surface area contributed by atoms with E-state index in [1.165, 1.54) is 12.1 Å². The van der Waals surface area contributed by atoms with E-state index in [0.717, 1.165) is 8.45 Å². The summed E-state index contributed by atoms with van der Waals surface area (Å²) in [4.78, 5) is 0. The first-order valence-corrected chi connectivity index (χ1v) is 7.85. The third-order valence-electron chi connectivity index (χ3n) is 2.75. The molecule has 0 atom stereocenters. The Morgan fingerprint density at radius 2 is 2.15 bits per heavy atom. The summed E-state index contributed by atoms with van der Waals surface area (Å²) in [7, 11) is 0. The Kier molecular flexibility index (Phi) is 3.70. The van der Waals surface area contributed by atoms with Gasteiger partial charge in [-0.15, -0.1) is 11.3 Å². The van der Waals surface area contributed by atoms with Crippen LogP contribution in [-0.4, -0.2) is 5.16 Å². The highest BCUT2D eigenvalue weighted by Crippen LogP contribution is 2.41. The minimum absolute atomic E-state index is 0.231. The number of hydrogen-bond donors (Lipinski definition) is 1. The summed E-state index contributed by atoms with van der Waals surface area (Å²) in [6.45, 7) is 0. The van der Waals surface area contributed by atoms with Crippen molar-refractivity contribution in [3.63, 3.8) is 0 Å². The van der Waals surface area contributed by atoms with Gasteiger partial charge in [0.1, 0.15) is 5.82 Å². The van der Waals surface area contributed by atoms with Gasteiger partial charge in [0, 0.05) is 16.5 Å². The molecule has 3 nitrogen and oxygen atoms in total. The van der Waals surface area contributed by atoms with Gasteiger partial charge < -0.3 is 10.3 Å². The van der Waals surface area contributed by atoms with Crippen LogP contribution in [0.1, 0.15) is 0 Å². The highest BCUT2D eigenvalue weighted by molar-refractivity contribution is 14.1. The number of nitrogens with two attached hydrogens (primary N) is 1. The lowest BCUT2D eigenvalue weighted by molar-refractivity contribution is 0.436. The molecule has 0 bridgehead atoms. The fourth-order valence-corrected chi connectivity index (χ4v) is 3.47. The quantitative estimate of drug-likeness (QED) is 0.590. The molecule has 102 valence electrons. The lowest BCUT2D eigenvalue weighted by atomic mass is 10.0. The summed E-state index contributed by atoms with van der Waals surface area (Å²) in [5.41, 5.74) is 7.93. The smallest absolute Gasteiger partial charge is 0.177 e. The fourth-order valence-electron chi connectivity index (χ4n) is 1.88. The number of nitrogen functional groups attached to an aromatic ring is 1. The largest absolute Gasteiger partial charge is 0.380 e. The van der Waals surface area contributed by atoms with Gasteiger partial charge in [0.25, 0.3) is 0 Å². The van der Waals surface area contributed by atoms with Crippen LogP contribution in [-0.2, 0) is 0 Å². The molecule has 0 radical (unpaired) electrons. The zero-order valence-corrected chi connectivity index (χ0v) is 13.6. The van der Waals surface area contributed by atoms with Gasteiger partial charge in [0.2, 0.25) is 0 Å². The van der Waals surface area contributed by atoms with Crippen LogP contribution in [0.3, 0.4) is 0 Å². The number of thiophene rings is 1. The van der Waals surface area contributed by atoms with Crippen LogP contribution < -0.4 is 5.73 Å². The summed E-state index contributed by atoms with van der Waals surface area (Å²) in [5, 5.41) is 6.01. The second-order valence-electron chi connectivity index (χ2n) is 4.04. The molecule has 3 aromatic rings. The molecule has 0 saturated heterocycles. The van der Waals surface area contributed by atoms with E-state index in [4.69, 9.17) is 21.9 Å². The molecule has 0 aliphatic rings. The molecule has 2 N–H and O–H groups in total. The SMILES string of the molecule is Nc1noc(-c2csc(I)c2)c1-c1ccc(F)cc1Cl. The van der Waals surface area contributed by atoms with Crippen LogP contribution in [0.15, 0.2) is 34.2 Å².